The molecule has 0 N–H and O–H groups in total. The summed E-state index contributed by atoms with van der Waals surface area (Å²) in [6.07, 6.45) is 0. The Morgan fingerprint density at radius 2 is 1.56 bits per heavy atom. The molecule has 18 heavy (non-hydrogen) atoms. The molecule has 0 aliphatic carbocycles. The van der Waals surface area contributed by atoms with Crippen molar-refractivity contribution >= 4 is 128 Å². The Bertz CT molecular complexity index is 522. The van der Waals surface area contributed by atoms with Crippen molar-refractivity contribution < 1.29 is 0 Å². The van der Waals surface area contributed by atoms with Crippen molar-refractivity contribution in [2.24, 2.45) is 0 Å². The normalized spacial score (nSPS) is 97.0. The molecule has 0 nitrogen and oxygen atoms in total. The summed E-state index contributed by atoms with van der Waals surface area (Å²) in [4.78, 5) is 2.72. The zero-order chi connectivity index (χ0) is 12.1. The summed E-state index contributed by atoms with van der Waals surface area (Å²) in [7, 11) is -4.02. The van der Waals surface area contributed by atoms with Crippen LogP contribution in [0.1, 0.15) is 0 Å². The van der Waals surface area contributed by atoms with Crippen molar-refractivity contribution in [1.82, 2.24) is 0 Å². The van der Waals surface area contributed by atoms with E-state index in [0.29, 0.717) is 0 Å². The maximum absolute atomic E-state index is 3.02. The van der Waals surface area contributed by atoms with E-state index in [1.165, 1.54) is 0 Å². The first-order valence-electron chi connectivity index (χ1n) is 5.51. The fourth-order valence-electron chi connectivity index (χ4n) is 3.73. The first-order valence-corrected chi connectivity index (χ1v) is 69.8. The Labute approximate surface area is 146 Å². The first kappa shape index (κ1) is 15.6. The molecule has 0 aromatic heterocycles. The molecule has 0 aromatic rings. The van der Waals surface area contributed by atoms with E-state index in [9.17, 15) is 0 Å². The fraction of sp³-hybridized carbons (Fsp3) is 1.00. The topological polar surface area (TPSA) is 0 Å². The van der Waals surface area contributed by atoms with Crippen LogP contribution in [-0.4, -0.2) is 24.4 Å². The third-order valence-electron chi connectivity index (χ3n) is 4.68. The quantitative estimate of drug-likeness (QED) is 0.197. The molecule has 8 saturated heterocycles. The molecule has 8 aliphatic heterocycles. The third-order valence-corrected chi connectivity index (χ3v) is 884. The molecule has 0 amide bonds. The zero-order valence-electron chi connectivity index (χ0n) is 10.1. The minimum absolute atomic E-state index is 0.619. The van der Waals surface area contributed by atoms with Crippen molar-refractivity contribution in [2.75, 3.05) is 24.4 Å². The van der Waals surface area contributed by atoms with Crippen LogP contribution in [0.4, 0.5) is 0 Å². The van der Waals surface area contributed by atoms with E-state index in [4.69, 9.17) is 0 Å². The molecule has 8 heterocycles. The van der Waals surface area contributed by atoms with Gasteiger partial charge in [-0.05, 0) is 0 Å². The van der Waals surface area contributed by atoms with Crippen LogP contribution in [0.5, 0.6) is 0 Å². The average molecular weight is 1270 g/mol. The van der Waals surface area contributed by atoms with Crippen LogP contribution in [0.15, 0.2) is 0 Å². The minimum atomic E-state index is -0.728. The van der Waals surface area contributed by atoms with Crippen LogP contribution in [0, 0.1) is 0 Å². The third kappa shape index (κ3) is 1.15. The Morgan fingerprint density at radius 1 is 0.944 bits per heavy atom. The number of halogens is 9. The second-order valence-corrected chi connectivity index (χ2v) is 254. The summed E-state index contributed by atoms with van der Waals surface area (Å²) in [5.74, 6) is 0. The Hall–Kier alpha value is 6.57. The Morgan fingerprint density at radius 3 is 2.22 bits per heavy atom. The predicted octanol–water partition coefficient (Wildman–Crippen LogP) is 8.48. The number of alkyl halides is 17. The average Bonchev–Trinajstić information content (AvgIpc) is 3.16. The summed E-state index contributed by atoms with van der Waals surface area (Å²) in [5, 5.41) is 0. The van der Waals surface area contributed by atoms with Crippen molar-refractivity contribution in [3.05, 3.63) is 0 Å². The molecule has 8 radical (unpaired) electrons. The van der Waals surface area contributed by atoms with E-state index in [1.54, 1.807) is 0 Å². The molecule has 4 spiro atoms. The monoisotopic (exact) mass is 1270 g/mol. The summed E-state index contributed by atoms with van der Waals surface area (Å²) in [5.41, 5.74) is 0. The van der Waals surface area contributed by atoms with Crippen LogP contribution in [0.3, 0.4) is 0 Å². The van der Waals surface area contributed by atoms with Gasteiger partial charge in [0.2, 0.25) is 0 Å². The summed E-state index contributed by atoms with van der Waals surface area (Å²) >= 11 is 4.71. The van der Waals surface area contributed by atoms with Gasteiger partial charge in [-0.2, -0.15) is 0 Å². The van der Waals surface area contributed by atoms with E-state index in [2.05, 4.69) is 44.6 Å². The number of hydrogen-bond acceptors (Lipinski definition) is 0. The molecule has 118 valence electrons. The van der Waals surface area contributed by atoms with Gasteiger partial charge >= 0.3 is 152 Å². The molecule has 8 aliphatic rings. The van der Waals surface area contributed by atoms with Gasteiger partial charge in [0.1, 0.15) is 0 Å². The van der Waals surface area contributed by atoms with E-state index in [1.807, 2.05) is 2.43 Å². The second kappa shape index (κ2) is 4.34. The molecule has 8 rings (SSSR count). The zero-order valence-corrected chi connectivity index (χ0v) is 29.5. The second-order valence-electron chi connectivity index (χ2n) is 5.15. The van der Waals surface area contributed by atoms with Crippen LogP contribution in [0.25, 0.3) is 0 Å². The van der Waals surface area contributed by atoms with Gasteiger partial charge in [0, 0.05) is 0 Å². The SMILES string of the molecule is C[I]C[I]12C[I]13C[I]21C[I]C[I]32C[I]13C[I]23CI. The molecule has 0 aromatic carbocycles. The van der Waals surface area contributed by atoms with Gasteiger partial charge in [-0.25, -0.2) is 0 Å². The van der Waals surface area contributed by atoms with Gasteiger partial charge in [-0.1, -0.05) is 0 Å². The van der Waals surface area contributed by atoms with Crippen LogP contribution < -0.4 is 0 Å². The summed E-state index contributed by atoms with van der Waals surface area (Å²) < 4.78 is 18.0. The molecule has 8 fully saturated rings. The molecule has 6 atom stereocenters. The van der Waals surface area contributed by atoms with Gasteiger partial charge in [0.25, 0.3) is 0 Å². The Balaban J connectivity index is 1.64. The first-order chi connectivity index (χ1) is 8.66. The fourth-order valence-corrected chi connectivity index (χ4v) is 2940. The standard InChI is InChI=1S/C9H19I9/c1-11-3-14-7-18(14)9-16(14)5-12-4-15(18)8-17(16)6-13(15,17)2-10/h2-9H2,1H3. The van der Waals surface area contributed by atoms with Gasteiger partial charge in [-0.15, -0.1) is 0 Å². The molecular formula is C9H19I9. The van der Waals surface area contributed by atoms with Crippen molar-refractivity contribution in [3.8, 4) is 0 Å². The van der Waals surface area contributed by atoms with Gasteiger partial charge in [0.05, 0.1) is 0 Å². The van der Waals surface area contributed by atoms with E-state index in [-0.39, 0.29) is 0 Å². The molecule has 9 heteroatoms. The van der Waals surface area contributed by atoms with Gasteiger partial charge < -0.3 is 0 Å². The molecule has 6 unspecified atom stereocenters. The van der Waals surface area contributed by atoms with Crippen LogP contribution in [-0.2, 0) is 0 Å². The predicted molar refractivity (Wildman–Crippen MR) is 171 cm³/mol. The number of rotatable bonds is 3. The maximum atomic E-state index is 3.02. The molecular weight excluding hydrogens is 1250 g/mol. The Kier molecular flexibility index (Phi) is 3.77. The number of hydrogen-bond donors (Lipinski definition) is 0. The molecule has 4 bridgehead atoms. The van der Waals surface area contributed by atoms with Crippen LogP contribution in [0.2, 0.25) is 0 Å². The van der Waals surface area contributed by atoms with E-state index < -0.39 is 62.9 Å². The summed E-state index contributed by atoms with van der Waals surface area (Å²) in [6.45, 7) is 0. The van der Waals surface area contributed by atoms with Gasteiger partial charge in [0.15, 0.2) is 0 Å². The van der Waals surface area contributed by atoms with Gasteiger partial charge in [-0.3, -0.25) is 0 Å². The van der Waals surface area contributed by atoms with Crippen molar-refractivity contribution in [1.29, 1.82) is 0 Å². The van der Waals surface area contributed by atoms with Crippen molar-refractivity contribution in [3.63, 3.8) is 0 Å². The van der Waals surface area contributed by atoms with Crippen LogP contribution >= 0.6 is 128 Å². The van der Waals surface area contributed by atoms with E-state index in [0.717, 1.165) is 42.4 Å². The molecule has 0 saturated carbocycles. The van der Waals surface area contributed by atoms with E-state index >= 15 is 0 Å². The summed E-state index contributed by atoms with van der Waals surface area (Å²) in [6, 6.07) is 0. The van der Waals surface area contributed by atoms with Crippen molar-refractivity contribution in [2.45, 2.75) is 0 Å².